The standard InChI is InChI=1S/C14H19NO2/c16-10-13(9-11-5-2-1-3-6-11)15-14(17)12-7-4-8-12/h1-3,5-6,12-13,16H,4,7-10H2,(H,15,17). The van der Waals surface area contributed by atoms with Gasteiger partial charge in [-0.3, -0.25) is 4.79 Å². The monoisotopic (exact) mass is 233 g/mol. The van der Waals surface area contributed by atoms with Crippen LogP contribution in [0.5, 0.6) is 0 Å². The van der Waals surface area contributed by atoms with Gasteiger partial charge in [-0.2, -0.15) is 0 Å². The Hall–Kier alpha value is -1.35. The van der Waals surface area contributed by atoms with Crippen molar-refractivity contribution in [3.05, 3.63) is 35.9 Å². The Bertz CT molecular complexity index is 360. The third-order valence-electron chi connectivity index (χ3n) is 3.37. The summed E-state index contributed by atoms with van der Waals surface area (Å²) in [6, 6.07) is 9.76. The van der Waals surface area contributed by atoms with Crippen LogP contribution in [0.4, 0.5) is 0 Å². The highest BCUT2D eigenvalue weighted by Crippen LogP contribution is 2.26. The number of carbonyl (C=O) groups excluding carboxylic acids is 1. The molecule has 0 aliphatic heterocycles. The number of rotatable bonds is 5. The summed E-state index contributed by atoms with van der Waals surface area (Å²) in [5.41, 5.74) is 1.14. The Balaban J connectivity index is 1.86. The lowest BCUT2D eigenvalue weighted by Gasteiger charge is -2.26. The van der Waals surface area contributed by atoms with E-state index in [-0.39, 0.29) is 24.5 Å². The van der Waals surface area contributed by atoms with Gasteiger partial charge < -0.3 is 10.4 Å². The van der Waals surface area contributed by atoms with E-state index in [4.69, 9.17) is 0 Å². The molecule has 1 aromatic rings. The van der Waals surface area contributed by atoms with E-state index in [0.717, 1.165) is 24.8 Å². The molecule has 0 spiro atoms. The highest BCUT2D eigenvalue weighted by atomic mass is 16.3. The SMILES string of the molecule is O=C(NC(CO)Cc1ccccc1)C1CCC1. The highest BCUT2D eigenvalue weighted by Gasteiger charge is 2.26. The van der Waals surface area contributed by atoms with E-state index in [2.05, 4.69) is 5.32 Å². The van der Waals surface area contributed by atoms with Crippen molar-refractivity contribution in [2.75, 3.05) is 6.61 Å². The molecule has 1 atom stereocenters. The Morgan fingerprint density at radius 3 is 2.59 bits per heavy atom. The second-order valence-electron chi connectivity index (χ2n) is 4.71. The largest absolute Gasteiger partial charge is 0.394 e. The predicted molar refractivity (Wildman–Crippen MR) is 66.5 cm³/mol. The van der Waals surface area contributed by atoms with Gasteiger partial charge in [0.1, 0.15) is 0 Å². The first kappa shape index (κ1) is 12.1. The molecular weight excluding hydrogens is 214 g/mol. The second-order valence-corrected chi connectivity index (χ2v) is 4.71. The van der Waals surface area contributed by atoms with Crippen LogP contribution >= 0.6 is 0 Å². The maximum Gasteiger partial charge on any atom is 0.223 e. The molecule has 3 nitrogen and oxygen atoms in total. The van der Waals surface area contributed by atoms with Gasteiger partial charge in [-0.05, 0) is 24.8 Å². The molecule has 0 bridgehead atoms. The zero-order chi connectivity index (χ0) is 12.1. The number of nitrogens with one attached hydrogen (secondary N) is 1. The zero-order valence-electron chi connectivity index (χ0n) is 9.93. The molecule has 1 aliphatic carbocycles. The van der Waals surface area contributed by atoms with Gasteiger partial charge in [0.25, 0.3) is 0 Å². The van der Waals surface area contributed by atoms with Crippen LogP contribution in [0, 0.1) is 5.92 Å². The Labute approximate surface area is 102 Å². The molecule has 17 heavy (non-hydrogen) atoms. The predicted octanol–water partition coefficient (Wildman–Crippen LogP) is 1.51. The number of aliphatic hydroxyl groups is 1. The molecule has 1 fully saturated rings. The molecule has 1 saturated carbocycles. The fourth-order valence-electron chi connectivity index (χ4n) is 2.05. The highest BCUT2D eigenvalue weighted by molar-refractivity contribution is 5.79. The lowest BCUT2D eigenvalue weighted by atomic mass is 9.84. The van der Waals surface area contributed by atoms with E-state index in [0.29, 0.717) is 6.42 Å². The van der Waals surface area contributed by atoms with Crippen LogP contribution in [0.15, 0.2) is 30.3 Å². The molecule has 3 heteroatoms. The van der Waals surface area contributed by atoms with Crippen LogP contribution in [0.25, 0.3) is 0 Å². The second kappa shape index (κ2) is 5.82. The molecule has 1 unspecified atom stereocenters. The fourth-order valence-corrected chi connectivity index (χ4v) is 2.05. The quantitative estimate of drug-likeness (QED) is 0.810. The minimum Gasteiger partial charge on any atom is -0.394 e. The van der Waals surface area contributed by atoms with Crippen molar-refractivity contribution in [1.82, 2.24) is 5.32 Å². The molecule has 0 aromatic heterocycles. The summed E-state index contributed by atoms with van der Waals surface area (Å²) in [6.07, 6.45) is 3.83. The summed E-state index contributed by atoms with van der Waals surface area (Å²) in [5, 5.41) is 12.2. The zero-order valence-corrected chi connectivity index (χ0v) is 9.93. The molecule has 0 saturated heterocycles. The number of carbonyl (C=O) groups is 1. The summed E-state index contributed by atoms with van der Waals surface area (Å²) in [6.45, 7) is -0.00659. The lowest BCUT2D eigenvalue weighted by Crippen LogP contribution is -2.43. The topological polar surface area (TPSA) is 49.3 Å². The summed E-state index contributed by atoms with van der Waals surface area (Å²) in [4.78, 5) is 11.8. The molecule has 0 heterocycles. The third-order valence-corrected chi connectivity index (χ3v) is 3.37. The van der Waals surface area contributed by atoms with Crippen LogP contribution in [0.3, 0.4) is 0 Å². The van der Waals surface area contributed by atoms with Gasteiger partial charge in [-0.25, -0.2) is 0 Å². The third kappa shape index (κ3) is 3.30. The molecule has 1 aromatic carbocycles. The number of aliphatic hydroxyl groups excluding tert-OH is 1. The normalized spacial score (nSPS) is 17.2. The van der Waals surface area contributed by atoms with E-state index in [1.54, 1.807) is 0 Å². The van der Waals surface area contributed by atoms with Gasteiger partial charge >= 0.3 is 0 Å². The van der Waals surface area contributed by atoms with Crippen molar-refractivity contribution in [2.24, 2.45) is 5.92 Å². The van der Waals surface area contributed by atoms with Crippen molar-refractivity contribution in [1.29, 1.82) is 0 Å². The maximum atomic E-state index is 11.8. The maximum absolute atomic E-state index is 11.8. The van der Waals surface area contributed by atoms with Crippen molar-refractivity contribution in [3.63, 3.8) is 0 Å². The summed E-state index contributed by atoms with van der Waals surface area (Å²) < 4.78 is 0. The molecule has 2 rings (SSSR count). The summed E-state index contributed by atoms with van der Waals surface area (Å²) in [7, 11) is 0. The first-order chi connectivity index (χ1) is 8.29. The van der Waals surface area contributed by atoms with Crippen molar-refractivity contribution >= 4 is 5.91 Å². The minimum atomic E-state index is -0.162. The Morgan fingerprint density at radius 2 is 2.06 bits per heavy atom. The number of amides is 1. The lowest BCUT2D eigenvalue weighted by molar-refractivity contribution is -0.128. The number of hydrogen-bond acceptors (Lipinski definition) is 2. The van der Waals surface area contributed by atoms with E-state index in [9.17, 15) is 9.90 Å². The van der Waals surface area contributed by atoms with Gasteiger partial charge in [0.05, 0.1) is 12.6 Å². The first-order valence-electron chi connectivity index (χ1n) is 6.24. The smallest absolute Gasteiger partial charge is 0.223 e. The van der Waals surface area contributed by atoms with Crippen LogP contribution in [0.2, 0.25) is 0 Å². The van der Waals surface area contributed by atoms with E-state index < -0.39 is 0 Å². The fraction of sp³-hybridized carbons (Fsp3) is 0.500. The Morgan fingerprint density at radius 1 is 1.35 bits per heavy atom. The first-order valence-corrected chi connectivity index (χ1v) is 6.24. The Kier molecular flexibility index (Phi) is 4.15. The van der Waals surface area contributed by atoms with Gasteiger partial charge in [0.2, 0.25) is 5.91 Å². The molecule has 2 N–H and O–H groups in total. The average Bonchev–Trinajstić information content (AvgIpc) is 2.27. The molecule has 0 radical (unpaired) electrons. The molecule has 1 amide bonds. The van der Waals surface area contributed by atoms with Crippen molar-refractivity contribution in [2.45, 2.75) is 31.7 Å². The molecule has 1 aliphatic rings. The van der Waals surface area contributed by atoms with Crippen LogP contribution in [-0.4, -0.2) is 23.7 Å². The number of benzene rings is 1. The van der Waals surface area contributed by atoms with Crippen LogP contribution in [-0.2, 0) is 11.2 Å². The van der Waals surface area contributed by atoms with Crippen molar-refractivity contribution in [3.8, 4) is 0 Å². The van der Waals surface area contributed by atoms with Crippen LogP contribution in [0.1, 0.15) is 24.8 Å². The van der Waals surface area contributed by atoms with E-state index in [1.807, 2.05) is 30.3 Å². The van der Waals surface area contributed by atoms with Crippen LogP contribution < -0.4 is 5.32 Å². The van der Waals surface area contributed by atoms with Gasteiger partial charge in [0.15, 0.2) is 0 Å². The average molecular weight is 233 g/mol. The summed E-state index contributed by atoms with van der Waals surface area (Å²) in [5.74, 6) is 0.283. The molecule has 92 valence electrons. The van der Waals surface area contributed by atoms with Gasteiger partial charge in [-0.1, -0.05) is 36.8 Å². The minimum absolute atomic E-state index is 0.00659. The van der Waals surface area contributed by atoms with E-state index in [1.165, 1.54) is 0 Å². The van der Waals surface area contributed by atoms with E-state index >= 15 is 0 Å². The number of hydrogen-bond donors (Lipinski definition) is 2. The molecular formula is C14H19NO2. The summed E-state index contributed by atoms with van der Waals surface area (Å²) >= 11 is 0. The van der Waals surface area contributed by atoms with Crippen molar-refractivity contribution < 1.29 is 9.90 Å². The van der Waals surface area contributed by atoms with Gasteiger partial charge in [0, 0.05) is 5.92 Å². The van der Waals surface area contributed by atoms with Gasteiger partial charge in [-0.15, -0.1) is 0 Å².